The van der Waals surface area contributed by atoms with Crippen LogP contribution in [0.3, 0.4) is 0 Å². The summed E-state index contributed by atoms with van der Waals surface area (Å²) in [6.07, 6.45) is 0. The Morgan fingerprint density at radius 2 is 1.58 bits per heavy atom. The Hall–Kier alpha value is -0.930. The van der Waals surface area contributed by atoms with E-state index in [1.165, 1.54) is 12.1 Å². The average molecular weight is 207 g/mol. The molecule has 1 aromatic rings. The van der Waals surface area contributed by atoms with E-state index in [2.05, 4.69) is 0 Å². The van der Waals surface area contributed by atoms with Gasteiger partial charge in [0.05, 0.1) is 0 Å². The molecule has 3 nitrogen and oxygen atoms in total. The number of nitrogen functional groups attached to an aromatic ring is 2. The Balaban J connectivity index is 0.00000121. The second-order valence-corrected chi connectivity index (χ2v) is 2.51. The van der Waals surface area contributed by atoms with Crippen LogP contribution in [0.25, 0.3) is 0 Å². The molecule has 0 spiro atoms. The summed E-state index contributed by atoms with van der Waals surface area (Å²) in [5.74, 6) is 0. The van der Waals surface area contributed by atoms with Crippen LogP contribution >= 0.6 is 24.0 Å². The zero-order valence-corrected chi connectivity index (χ0v) is 7.65. The highest BCUT2D eigenvalue weighted by atomic mass is 35.5. The summed E-state index contributed by atoms with van der Waals surface area (Å²) < 4.78 is 0. The minimum atomic E-state index is -0.552. The maximum absolute atomic E-state index is 10.6. The van der Waals surface area contributed by atoms with Crippen LogP contribution in [0.2, 0.25) is 0 Å². The minimum Gasteiger partial charge on any atom is -0.399 e. The fourth-order valence-corrected chi connectivity index (χ4v) is 0.899. The first-order chi connectivity index (χ1) is 5.09. The average Bonchev–Trinajstić information content (AvgIpc) is 1.85. The van der Waals surface area contributed by atoms with Gasteiger partial charge in [-0.25, -0.2) is 0 Å². The largest absolute Gasteiger partial charge is 0.399 e. The van der Waals surface area contributed by atoms with Crippen LogP contribution < -0.4 is 11.5 Å². The van der Waals surface area contributed by atoms with Crippen molar-refractivity contribution in [3.8, 4) is 0 Å². The summed E-state index contributed by atoms with van der Waals surface area (Å²) >= 11 is 5.20. The predicted octanol–water partition coefficient (Wildman–Crippen LogP) is 1.65. The van der Waals surface area contributed by atoms with Crippen molar-refractivity contribution in [2.45, 2.75) is 0 Å². The number of nitrogens with two attached hydrogens (primary N) is 2. The monoisotopic (exact) mass is 206 g/mol. The van der Waals surface area contributed by atoms with Crippen molar-refractivity contribution in [1.29, 1.82) is 0 Å². The Morgan fingerprint density at radius 3 is 1.92 bits per heavy atom. The van der Waals surface area contributed by atoms with E-state index in [4.69, 9.17) is 23.1 Å². The van der Waals surface area contributed by atoms with Gasteiger partial charge in [-0.2, -0.15) is 0 Å². The highest BCUT2D eigenvalue weighted by Gasteiger charge is 2.02. The van der Waals surface area contributed by atoms with Gasteiger partial charge in [0.15, 0.2) is 0 Å². The second kappa shape index (κ2) is 4.18. The van der Waals surface area contributed by atoms with Crippen LogP contribution in [0.1, 0.15) is 10.4 Å². The number of anilines is 2. The molecule has 5 heteroatoms. The molecule has 0 aliphatic carbocycles. The van der Waals surface area contributed by atoms with E-state index in [0.29, 0.717) is 16.9 Å². The Morgan fingerprint density at radius 1 is 1.17 bits per heavy atom. The van der Waals surface area contributed by atoms with Crippen LogP contribution in [0.4, 0.5) is 11.4 Å². The smallest absolute Gasteiger partial charge is 0.252 e. The molecule has 0 heterocycles. The molecule has 0 saturated carbocycles. The number of rotatable bonds is 1. The molecule has 0 amide bonds. The summed E-state index contributed by atoms with van der Waals surface area (Å²) in [5.41, 5.74) is 12.0. The fraction of sp³-hybridized carbons (Fsp3) is 0. The van der Waals surface area contributed by atoms with Crippen molar-refractivity contribution in [1.82, 2.24) is 0 Å². The number of hydrogen-bond donors (Lipinski definition) is 2. The van der Waals surface area contributed by atoms with Gasteiger partial charge >= 0.3 is 0 Å². The molecule has 0 bridgehead atoms. The van der Waals surface area contributed by atoms with Gasteiger partial charge in [0, 0.05) is 16.9 Å². The molecule has 12 heavy (non-hydrogen) atoms. The van der Waals surface area contributed by atoms with Crippen molar-refractivity contribution in [2.24, 2.45) is 0 Å². The first-order valence-corrected chi connectivity index (χ1v) is 3.33. The van der Waals surface area contributed by atoms with E-state index in [1.807, 2.05) is 0 Å². The van der Waals surface area contributed by atoms with Gasteiger partial charge in [-0.05, 0) is 29.8 Å². The zero-order chi connectivity index (χ0) is 8.43. The number of benzene rings is 1. The van der Waals surface area contributed by atoms with Crippen molar-refractivity contribution in [3.63, 3.8) is 0 Å². The lowest BCUT2D eigenvalue weighted by Crippen LogP contribution is -1.95. The van der Waals surface area contributed by atoms with Crippen molar-refractivity contribution in [3.05, 3.63) is 23.8 Å². The third kappa shape index (κ3) is 2.60. The lowest BCUT2D eigenvalue weighted by Gasteiger charge is -1.98. The normalized spacial score (nSPS) is 8.75. The molecule has 1 aromatic carbocycles. The molecular weight excluding hydrogens is 199 g/mol. The predicted molar refractivity (Wildman–Crippen MR) is 52.7 cm³/mol. The van der Waals surface area contributed by atoms with E-state index in [1.54, 1.807) is 6.07 Å². The van der Waals surface area contributed by atoms with E-state index in [9.17, 15) is 4.79 Å². The van der Waals surface area contributed by atoms with Gasteiger partial charge < -0.3 is 11.5 Å². The van der Waals surface area contributed by atoms with E-state index >= 15 is 0 Å². The minimum absolute atomic E-state index is 0. The van der Waals surface area contributed by atoms with Crippen LogP contribution in [-0.2, 0) is 0 Å². The molecule has 0 atom stereocenters. The second-order valence-electron chi connectivity index (χ2n) is 2.16. The standard InChI is InChI=1S/C7H7ClN2O.ClH/c8-7(11)4-1-5(9)3-6(10)2-4;/h1-3H,9-10H2;1H. The van der Waals surface area contributed by atoms with Crippen molar-refractivity contribution < 1.29 is 4.79 Å². The first-order valence-electron chi connectivity index (χ1n) is 2.95. The summed E-state index contributed by atoms with van der Waals surface area (Å²) in [4.78, 5) is 10.6. The molecule has 4 N–H and O–H groups in total. The van der Waals surface area contributed by atoms with Crippen LogP contribution in [0.15, 0.2) is 18.2 Å². The maximum atomic E-state index is 10.6. The third-order valence-corrected chi connectivity index (χ3v) is 1.42. The molecule has 0 aliphatic heterocycles. The SMILES string of the molecule is Cl.Nc1cc(N)cc(C(=O)Cl)c1. The highest BCUT2D eigenvalue weighted by molar-refractivity contribution is 6.67. The van der Waals surface area contributed by atoms with Gasteiger partial charge in [-0.1, -0.05) is 0 Å². The lowest BCUT2D eigenvalue weighted by atomic mass is 10.2. The molecule has 66 valence electrons. The van der Waals surface area contributed by atoms with Crippen LogP contribution in [0, 0.1) is 0 Å². The molecule has 0 unspecified atom stereocenters. The lowest BCUT2D eigenvalue weighted by molar-refractivity contribution is 0.108. The van der Waals surface area contributed by atoms with Crippen LogP contribution in [0.5, 0.6) is 0 Å². The molecule has 0 saturated heterocycles. The Bertz CT molecular complexity index is 281. The van der Waals surface area contributed by atoms with Gasteiger partial charge in [0.2, 0.25) is 0 Å². The summed E-state index contributed by atoms with van der Waals surface area (Å²) in [6.45, 7) is 0. The number of hydrogen-bond acceptors (Lipinski definition) is 3. The van der Waals surface area contributed by atoms with Crippen LogP contribution in [-0.4, -0.2) is 5.24 Å². The Labute approximate surface area is 81.1 Å². The topological polar surface area (TPSA) is 69.1 Å². The van der Waals surface area contributed by atoms with E-state index in [-0.39, 0.29) is 12.4 Å². The fourth-order valence-electron chi connectivity index (χ4n) is 0.790. The zero-order valence-electron chi connectivity index (χ0n) is 6.08. The summed E-state index contributed by atoms with van der Waals surface area (Å²) in [5, 5.41) is -0.552. The van der Waals surface area contributed by atoms with E-state index in [0.717, 1.165) is 0 Å². The first kappa shape index (κ1) is 11.1. The molecule has 0 radical (unpaired) electrons. The molecular formula is C7H8Cl2N2O. The number of halogens is 2. The van der Waals surface area contributed by atoms with Crippen molar-refractivity contribution >= 4 is 40.6 Å². The number of carbonyl (C=O) groups excluding carboxylic acids is 1. The summed E-state index contributed by atoms with van der Waals surface area (Å²) in [6, 6.07) is 4.51. The molecule has 0 aromatic heterocycles. The van der Waals surface area contributed by atoms with Gasteiger partial charge in [0.1, 0.15) is 0 Å². The van der Waals surface area contributed by atoms with Crippen molar-refractivity contribution in [2.75, 3.05) is 11.5 Å². The molecule has 0 aliphatic rings. The summed E-state index contributed by atoms with van der Waals surface area (Å²) in [7, 11) is 0. The third-order valence-electron chi connectivity index (χ3n) is 1.20. The quantitative estimate of drug-likeness (QED) is 0.543. The number of carbonyl (C=O) groups is 1. The maximum Gasteiger partial charge on any atom is 0.252 e. The van der Waals surface area contributed by atoms with E-state index < -0.39 is 5.24 Å². The van der Waals surface area contributed by atoms with Gasteiger partial charge in [-0.15, -0.1) is 12.4 Å². The molecule has 1 rings (SSSR count). The van der Waals surface area contributed by atoms with Gasteiger partial charge in [0.25, 0.3) is 5.24 Å². The van der Waals surface area contributed by atoms with Gasteiger partial charge in [-0.3, -0.25) is 4.79 Å². The Kier molecular flexibility index (Phi) is 3.86. The highest BCUT2D eigenvalue weighted by Crippen LogP contribution is 2.14. The molecule has 0 fully saturated rings.